The number of aromatic nitrogens is 2. The molecule has 1 saturated heterocycles. The minimum atomic E-state index is 0. The van der Waals surface area contributed by atoms with Gasteiger partial charge in [0.2, 0.25) is 5.91 Å². The first-order chi connectivity index (χ1) is 9.31. The molecule has 8 heteroatoms. The van der Waals surface area contributed by atoms with Crippen molar-refractivity contribution in [3.63, 3.8) is 0 Å². The maximum absolute atomic E-state index is 12.0. The molecule has 2 N–H and O–H groups in total. The number of carbonyl (C=O) groups is 1. The number of aromatic amines is 1. The maximum atomic E-state index is 12.0. The van der Waals surface area contributed by atoms with Gasteiger partial charge in [-0.3, -0.25) is 9.89 Å². The lowest BCUT2D eigenvalue weighted by atomic mass is 9.94. The fraction of sp³-hybridized carbons (Fsp3) is 0.692. The van der Waals surface area contributed by atoms with Gasteiger partial charge in [-0.25, -0.2) is 0 Å². The van der Waals surface area contributed by atoms with Crippen LogP contribution in [0.25, 0.3) is 0 Å². The van der Waals surface area contributed by atoms with Crippen LogP contribution < -0.4 is 5.32 Å². The molecule has 1 aromatic rings. The lowest BCUT2D eigenvalue weighted by Gasteiger charge is -2.31. The normalized spacial score (nSPS) is 15.2. The van der Waals surface area contributed by atoms with E-state index in [1.54, 1.807) is 13.3 Å². The van der Waals surface area contributed by atoms with Crippen molar-refractivity contribution in [2.45, 2.75) is 18.8 Å². The lowest BCUT2D eigenvalue weighted by Crippen LogP contribution is -2.43. The van der Waals surface area contributed by atoms with Gasteiger partial charge in [-0.05, 0) is 18.9 Å². The Morgan fingerprint density at radius 3 is 2.76 bits per heavy atom. The molecule has 0 unspecified atom stereocenters. The van der Waals surface area contributed by atoms with Crippen LogP contribution in [0.5, 0.6) is 0 Å². The van der Waals surface area contributed by atoms with Gasteiger partial charge in [-0.2, -0.15) is 5.10 Å². The van der Waals surface area contributed by atoms with E-state index in [1.807, 2.05) is 11.0 Å². The number of carbonyl (C=O) groups excluding carboxylic acids is 1. The second-order valence-corrected chi connectivity index (χ2v) is 4.84. The van der Waals surface area contributed by atoms with Crippen LogP contribution >= 0.6 is 24.8 Å². The average molecular weight is 339 g/mol. The molecule has 0 spiro atoms. The molecular weight excluding hydrogens is 315 g/mol. The number of hydrogen-bond acceptors (Lipinski definition) is 4. The van der Waals surface area contributed by atoms with E-state index in [9.17, 15) is 4.79 Å². The first-order valence-corrected chi connectivity index (χ1v) is 6.78. The summed E-state index contributed by atoms with van der Waals surface area (Å²) >= 11 is 0. The Hall–Kier alpha value is -0.820. The summed E-state index contributed by atoms with van der Waals surface area (Å²) in [7, 11) is 1.66. The zero-order valence-electron chi connectivity index (χ0n) is 12.2. The molecule has 1 aromatic heterocycles. The molecule has 0 aliphatic carbocycles. The molecule has 1 aliphatic rings. The van der Waals surface area contributed by atoms with E-state index in [0.29, 0.717) is 25.6 Å². The number of halogens is 2. The highest BCUT2D eigenvalue weighted by Gasteiger charge is 2.23. The zero-order valence-corrected chi connectivity index (χ0v) is 13.8. The molecule has 2 rings (SSSR count). The molecular formula is C13H24Cl2N4O2. The van der Waals surface area contributed by atoms with E-state index in [1.165, 1.54) is 5.69 Å². The number of ether oxygens (including phenoxy) is 1. The quantitative estimate of drug-likeness (QED) is 0.764. The number of nitrogens with one attached hydrogen (secondary N) is 2. The van der Waals surface area contributed by atoms with Crippen molar-refractivity contribution in [1.29, 1.82) is 0 Å². The highest BCUT2D eigenvalue weighted by molar-refractivity contribution is 5.85. The van der Waals surface area contributed by atoms with Crippen LogP contribution in [0.3, 0.4) is 0 Å². The van der Waals surface area contributed by atoms with Gasteiger partial charge in [0.25, 0.3) is 0 Å². The molecule has 0 atom stereocenters. The largest absolute Gasteiger partial charge is 0.383 e. The van der Waals surface area contributed by atoms with Crippen molar-refractivity contribution in [2.24, 2.45) is 0 Å². The van der Waals surface area contributed by atoms with Crippen LogP contribution in [0.1, 0.15) is 24.5 Å². The van der Waals surface area contributed by atoms with E-state index in [2.05, 4.69) is 15.5 Å². The molecule has 1 fully saturated rings. The topological polar surface area (TPSA) is 70.2 Å². The Morgan fingerprint density at radius 2 is 2.19 bits per heavy atom. The fourth-order valence-corrected chi connectivity index (χ4v) is 2.42. The van der Waals surface area contributed by atoms with E-state index in [0.717, 1.165) is 25.9 Å². The summed E-state index contributed by atoms with van der Waals surface area (Å²) in [6.45, 7) is 3.41. The van der Waals surface area contributed by atoms with Gasteiger partial charge in [0.05, 0.1) is 13.2 Å². The second kappa shape index (κ2) is 10.8. The third-order valence-corrected chi connectivity index (χ3v) is 3.57. The Morgan fingerprint density at radius 1 is 1.48 bits per heavy atom. The third-order valence-electron chi connectivity index (χ3n) is 3.57. The standard InChI is InChI=1S/C13H22N4O2.2ClH/c1-19-9-6-14-10-13(18)17-7-3-11(4-8-17)12-2-5-15-16-12;;/h2,5,11,14H,3-4,6-10H2,1H3,(H,15,16);2*1H. The summed E-state index contributed by atoms with van der Waals surface area (Å²) in [6.07, 6.45) is 3.80. The number of amides is 1. The molecule has 0 bridgehead atoms. The maximum Gasteiger partial charge on any atom is 0.236 e. The Kier molecular flexibility index (Phi) is 10.4. The molecule has 0 aromatic carbocycles. The van der Waals surface area contributed by atoms with Crippen molar-refractivity contribution >= 4 is 30.7 Å². The Balaban J connectivity index is 0.00000200. The van der Waals surface area contributed by atoms with Crippen molar-refractivity contribution < 1.29 is 9.53 Å². The summed E-state index contributed by atoms with van der Waals surface area (Å²) in [5.74, 6) is 0.687. The van der Waals surface area contributed by atoms with Crippen LogP contribution in [0.4, 0.5) is 0 Å². The molecule has 1 aliphatic heterocycles. The summed E-state index contributed by atoms with van der Waals surface area (Å²) in [4.78, 5) is 13.9. The predicted molar refractivity (Wildman–Crippen MR) is 86.4 cm³/mol. The zero-order chi connectivity index (χ0) is 13.5. The number of hydrogen-bond donors (Lipinski definition) is 2. The minimum Gasteiger partial charge on any atom is -0.383 e. The van der Waals surface area contributed by atoms with Crippen molar-refractivity contribution in [2.75, 3.05) is 39.9 Å². The van der Waals surface area contributed by atoms with Gasteiger partial charge in [-0.1, -0.05) is 0 Å². The number of rotatable bonds is 6. The summed E-state index contributed by atoms with van der Waals surface area (Å²) < 4.78 is 4.93. The van der Waals surface area contributed by atoms with Gasteiger partial charge in [0, 0.05) is 44.6 Å². The van der Waals surface area contributed by atoms with Gasteiger partial charge < -0.3 is 15.0 Å². The van der Waals surface area contributed by atoms with Gasteiger partial charge in [-0.15, -0.1) is 24.8 Å². The Bertz CT molecular complexity index is 382. The van der Waals surface area contributed by atoms with E-state index in [-0.39, 0.29) is 30.7 Å². The number of methoxy groups -OCH3 is 1. The smallest absolute Gasteiger partial charge is 0.236 e. The summed E-state index contributed by atoms with van der Waals surface area (Å²) in [5.41, 5.74) is 1.19. The molecule has 0 saturated carbocycles. The van der Waals surface area contributed by atoms with Crippen LogP contribution in [0.2, 0.25) is 0 Å². The number of piperidine rings is 1. The monoisotopic (exact) mass is 338 g/mol. The molecule has 122 valence electrons. The van der Waals surface area contributed by atoms with Crippen molar-refractivity contribution in [3.8, 4) is 0 Å². The van der Waals surface area contributed by atoms with Crippen LogP contribution in [0.15, 0.2) is 12.3 Å². The average Bonchev–Trinajstić information content (AvgIpc) is 2.98. The number of H-pyrrole nitrogens is 1. The number of likely N-dealkylation sites (tertiary alicyclic amines) is 1. The van der Waals surface area contributed by atoms with E-state index >= 15 is 0 Å². The highest BCUT2D eigenvalue weighted by Crippen LogP contribution is 2.26. The molecule has 6 nitrogen and oxygen atoms in total. The predicted octanol–water partition coefficient (Wildman–Crippen LogP) is 1.20. The lowest BCUT2D eigenvalue weighted by molar-refractivity contribution is -0.131. The van der Waals surface area contributed by atoms with Crippen molar-refractivity contribution in [1.82, 2.24) is 20.4 Å². The van der Waals surface area contributed by atoms with Crippen molar-refractivity contribution in [3.05, 3.63) is 18.0 Å². The highest BCUT2D eigenvalue weighted by atomic mass is 35.5. The third kappa shape index (κ3) is 6.22. The van der Waals surface area contributed by atoms with E-state index in [4.69, 9.17) is 4.74 Å². The molecule has 2 heterocycles. The first-order valence-electron chi connectivity index (χ1n) is 6.78. The van der Waals surface area contributed by atoms with Crippen LogP contribution in [0, 0.1) is 0 Å². The molecule has 1 amide bonds. The van der Waals surface area contributed by atoms with Gasteiger partial charge >= 0.3 is 0 Å². The second-order valence-electron chi connectivity index (χ2n) is 4.84. The number of nitrogens with zero attached hydrogens (tertiary/aromatic N) is 2. The van der Waals surface area contributed by atoms with Crippen LogP contribution in [-0.4, -0.2) is 60.9 Å². The summed E-state index contributed by atoms with van der Waals surface area (Å²) in [6, 6.07) is 2.02. The summed E-state index contributed by atoms with van der Waals surface area (Å²) in [5, 5.41) is 10.1. The molecule has 0 radical (unpaired) electrons. The van der Waals surface area contributed by atoms with E-state index < -0.39 is 0 Å². The minimum absolute atomic E-state index is 0. The van der Waals surface area contributed by atoms with Gasteiger partial charge in [0.1, 0.15) is 0 Å². The van der Waals surface area contributed by atoms with Crippen LogP contribution in [-0.2, 0) is 9.53 Å². The molecule has 21 heavy (non-hydrogen) atoms. The fourth-order valence-electron chi connectivity index (χ4n) is 2.42. The first kappa shape index (κ1) is 20.2. The van der Waals surface area contributed by atoms with Gasteiger partial charge in [0.15, 0.2) is 0 Å². The SMILES string of the molecule is COCCNCC(=O)N1CCC(c2ccn[nH]2)CC1.Cl.Cl. The Labute approximate surface area is 137 Å².